The summed E-state index contributed by atoms with van der Waals surface area (Å²) in [6, 6.07) is 9.90. The van der Waals surface area contributed by atoms with E-state index in [1.165, 1.54) is 0 Å². The molecule has 4 nitrogen and oxygen atoms in total. The van der Waals surface area contributed by atoms with E-state index in [-0.39, 0.29) is 12.4 Å². The zero-order valence-corrected chi connectivity index (χ0v) is 10.1. The first-order valence-electron chi connectivity index (χ1n) is 5.53. The average molecular weight is 252 g/mol. The van der Waals surface area contributed by atoms with Crippen molar-refractivity contribution < 1.29 is 4.52 Å². The summed E-state index contributed by atoms with van der Waals surface area (Å²) in [7, 11) is 0. The third-order valence-electron chi connectivity index (χ3n) is 2.88. The number of halogens is 1. The zero-order chi connectivity index (χ0) is 10.8. The molecule has 0 unspecified atom stereocenters. The summed E-state index contributed by atoms with van der Waals surface area (Å²) in [4.78, 5) is 4.44. The van der Waals surface area contributed by atoms with Crippen LogP contribution in [0.5, 0.6) is 0 Å². The van der Waals surface area contributed by atoms with E-state index in [4.69, 9.17) is 4.52 Å². The third-order valence-corrected chi connectivity index (χ3v) is 2.88. The first kappa shape index (κ1) is 12.1. The molecular weight excluding hydrogens is 238 g/mol. The smallest absolute Gasteiger partial charge is 0.231 e. The Labute approximate surface area is 106 Å². The molecular formula is C12H14ClN3O. The summed E-state index contributed by atoms with van der Waals surface area (Å²) in [6.45, 7) is 1.98. The summed E-state index contributed by atoms with van der Waals surface area (Å²) < 4.78 is 5.30. The van der Waals surface area contributed by atoms with E-state index < -0.39 is 0 Å². The number of rotatable bonds is 2. The van der Waals surface area contributed by atoms with Gasteiger partial charge in [0.2, 0.25) is 11.7 Å². The Morgan fingerprint density at radius 3 is 2.76 bits per heavy atom. The lowest BCUT2D eigenvalue weighted by Gasteiger charge is -1.98. The van der Waals surface area contributed by atoms with Gasteiger partial charge in [0, 0.05) is 12.1 Å². The van der Waals surface area contributed by atoms with Crippen molar-refractivity contribution in [3.8, 4) is 11.4 Å². The SMILES string of the molecule is Cl.c1ccc(-c2noc([C@@H]3CCNC3)n2)cc1. The maximum absolute atomic E-state index is 5.30. The molecule has 1 aliphatic heterocycles. The molecule has 2 aromatic rings. The summed E-state index contributed by atoms with van der Waals surface area (Å²) in [5, 5.41) is 7.31. The van der Waals surface area contributed by atoms with Crippen LogP contribution in [0.25, 0.3) is 11.4 Å². The Balaban J connectivity index is 0.00000108. The van der Waals surface area contributed by atoms with Crippen LogP contribution in [-0.4, -0.2) is 23.2 Å². The van der Waals surface area contributed by atoms with Gasteiger partial charge < -0.3 is 9.84 Å². The molecule has 1 N–H and O–H groups in total. The van der Waals surface area contributed by atoms with Crippen LogP contribution in [0.4, 0.5) is 0 Å². The number of hydrogen-bond acceptors (Lipinski definition) is 4. The highest BCUT2D eigenvalue weighted by Crippen LogP contribution is 2.23. The maximum atomic E-state index is 5.30. The van der Waals surface area contributed by atoms with Gasteiger partial charge in [-0.15, -0.1) is 12.4 Å². The van der Waals surface area contributed by atoms with Gasteiger partial charge in [-0.3, -0.25) is 0 Å². The van der Waals surface area contributed by atoms with Crippen LogP contribution in [-0.2, 0) is 0 Å². The van der Waals surface area contributed by atoms with Crippen molar-refractivity contribution >= 4 is 12.4 Å². The Kier molecular flexibility index (Phi) is 3.76. The number of hydrogen-bond donors (Lipinski definition) is 1. The number of aromatic nitrogens is 2. The largest absolute Gasteiger partial charge is 0.339 e. The fourth-order valence-electron chi connectivity index (χ4n) is 1.97. The molecule has 90 valence electrons. The fourth-order valence-corrected chi connectivity index (χ4v) is 1.97. The normalized spacial score (nSPS) is 18.9. The molecule has 1 aromatic carbocycles. The van der Waals surface area contributed by atoms with Gasteiger partial charge >= 0.3 is 0 Å². The van der Waals surface area contributed by atoms with Crippen LogP contribution in [0.1, 0.15) is 18.2 Å². The molecule has 1 atom stereocenters. The summed E-state index contributed by atoms with van der Waals surface area (Å²) in [6.07, 6.45) is 1.08. The molecule has 0 amide bonds. The molecule has 1 aromatic heterocycles. The number of nitrogens with zero attached hydrogens (tertiary/aromatic N) is 2. The third kappa shape index (κ3) is 2.48. The lowest BCUT2D eigenvalue weighted by atomic mass is 10.1. The highest BCUT2D eigenvalue weighted by Gasteiger charge is 2.22. The van der Waals surface area contributed by atoms with Gasteiger partial charge in [-0.1, -0.05) is 35.5 Å². The van der Waals surface area contributed by atoms with E-state index in [0.29, 0.717) is 11.7 Å². The topological polar surface area (TPSA) is 51.0 Å². The molecule has 1 saturated heterocycles. The zero-order valence-electron chi connectivity index (χ0n) is 9.30. The highest BCUT2D eigenvalue weighted by molar-refractivity contribution is 5.85. The van der Waals surface area contributed by atoms with Gasteiger partial charge in [-0.25, -0.2) is 0 Å². The Morgan fingerprint density at radius 1 is 1.24 bits per heavy atom. The Morgan fingerprint density at radius 2 is 2.06 bits per heavy atom. The molecule has 1 fully saturated rings. The molecule has 2 heterocycles. The van der Waals surface area contributed by atoms with Gasteiger partial charge in [0.15, 0.2) is 0 Å². The Hall–Kier alpha value is -1.39. The molecule has 0 bridgehead atoms. The minimum absolute atomic E-state index is 0. The van der Waals surface area contributed by atoms with Crippen LogP contribution in [0.15, 0.2) is 34.9 Å². The molecule has 0 aliphatic carbocycles. The average Bonchev–Trinajstić information content (AvgIpc) is 3.01. The summed E-state index contributed by atoms with van der Waals surface area (Å²) >= 11 is 0. The van der Waals surface area contributed by atoms with Gasteiger partial charge in [-0.05, 0) is 13.0 Å². The first-order valence-corrected chi connectivity index (χ1v) is 5.53. The van der Waals surface area contributed by atoms with E-state index in [0.717, 1.165) is 31.0 Å². The van der Waals surface area contributed by atoms with Crippen molar-refractivity contribution in [2.45, 2.75) is 12.3 Å². The molecule has 17 heavy (non-hydrogen) atoms. The molecule has 1 aliphatic rings. The lowest BCUT2D eigenvalue weighted by molar-refractivity contribution is 0.359. The molecule has 0 saturated carbocycles. The van der Waals surface area contributed by atoms with Crippen molar-refractivity contribution in [3.63, 3.8) is 0 Å². The molecule has 5 heteroatoms. The van der Waals surface area contributed by atoms with Crippen molar-refractivity contribution in [2.24, 2.45) is 0 Å². The first-order chi connectivity index (χ1) is 7.93. The molecule has 0 radical (unpaired) electrons. The van der Waals surface area contributed by atoms with Gasteiger partial charge in [0.05, 0.1) is 5.92 Å². The summed E-state index contributed by atoms with van der Waals surface area (Å²) in [5.41, 5.74) is 1.00. The summed E-state index contributed by atoms with van der Waals surface area (Å²) in [5.74, 6) is 1.82. The number of benzene rings is 1. The highest BCUT2D eigenvalue weighted by atomic mass is 35.5. The minimum atomic E-state index is 0. The van der Waals surface area contributed by atoms with E-state index in [2.05, 4.69) is 15.5 Å². The van der Waals surface area contributed by atoms with Gasteiger partial charge in [0.25, 0.3) is 0 Å². The van der Waals surface area contributed by atoms with Crippen LogP contribution in [0.3, 0.4) is 0 Å². The Bertz CT molecular complexity index is 466. The van der Waals surface area contributed by atoms with E-state index in [1.54, 1.807) is 0 Å². The number of nitrogens with one attached hydrogen (secondary N) is 1. The molecule has 3 rings (SSSR count). The second kappa shape index (κ2) is 5.29. The van der Waals surface area contributed by atoms with E-state index in [1.807, 2.05) is 30.3 Å². The maximum Gasteiger partial charge on any atom is 0.231 e. The predicted molar refractivity (Wildman–Crippen MR) is 67.2 cm³/mol. The van der Waals surface area contributed by atoms with Gasteiger partial charge in [-0.2, -0.15) is 4.98 Å². The van der Waals surface area contributed by atoms with Crippen molar-refractivity contribution in [1.82, 2.24) is 15.5 Å². The van der Waals surface area contributed by atoms with Crippen molar-refractivity contribution in [3.05, 3.63) is 36.2 Å². The standard InChI is InChI=1S/C12H13N3O.ClH/c1-2-4-9(5-3-1)11-14-12(16-15-11)10-6-7-13-8-10;/h1-5,10,13H,6-8H2;1H/t10-;/m1./s1. The quantitative estimate of drug-likeness (QED) is 0.889. The van der Waals surface area contributed by atoms with E-state index in [9.17, 15) is 0 Å². The minimum Gasteiger partial charge on any atom is -0.339 e. The van der Waals surface area contributed by atoms with E-state index >= 15 is 0 Å². The fraction of sp³-hybridized carbons (Fsp3) is 0.333. The van der Waals surface area contributed by atoms with Crippen LogP contribution in [0, 0.1) is 0 Å². The van der Waals surface area contributed by atoms with Crippen LogP contribution >= 0.6 is 12.4 Å². The van der Waals surface area contributed by atoms with Crippen molar-refractivity contribution in [1.29, 1.82) is 0 Å². The monoisotopic (exact) mass is 251 g/mol. The van der Waals surface area contributed by atoms with Crippen LogP contribution < -0.4 is 5.32 Å². The van der Waals surface area contributed by atoms with Gasteiger partial charge in [0.1, 0.15) is 0 Å². The molecule has 0 spiro atoms. The van der Waals surface area contributed by atoms with Crippen molar-refractivity contribution in [2.75, 3.05) is 13.1 Å². The van der Waals surface area contributed by atoms with Crippen LogP contribution in [0.2, 0.25) is 0 Å². The lowest BCUT2D eigenvalue weighted by Crippen LogP contribution is -2.08. The predicted octanol–water partition coefficient (Wildman–Crippen LogP) is 2.24. The second-order valence-corrected chi connectivity index (χ2v) is 4.01. The second-order valence-electron chi connectivity index (χ2n) is 4.01.